The van der Waals surface area contributed by atoms with Crippen LogP contribution in [0.3, 0.4) is 0 Å². The molecular weight excluding hydrogens is 192 g/mol. The number of aryl methyl sites for hydroxylation is 1. The standard InChI is InChI=1S/C11H14N2S/c1-4-13-9-5-6-14-11(9)7-10(13)8(2)12-3/h5-7H,4H2,1-3H3/b12-8+. The van der Waals surface area contributed by atoms with E-state index in [1.165, 1.54) is 15.9 Å². The number of nitrogens with zero attached hydrogens (tertiary/aromatic N) is 2. The van der Waals surface area contributed by atoms with Crippen molar-refractivity contribution in [3.05, 3.63) is 23.2 Å². The monoisotopic (exact) mass is 206 g/mol. The normalized spacial score (nSPS) is 12.6. The second kappa shape index (κ2) is 3.58. The van der Waals surface area contributed by atoms with E-state index in [-0.39, 0.29) is 0 Å². The third kappa shape index (κ3) is 1.28. The maximum Gasteiger partial charge on any atom is 0.0637 e. The number of hydrogen-bond donors (Lipinski definition) is 0. The molecule has 0 radical (unpaired) electrons. The van der Waals surface area contributed by atoms with E-state index in [2.05, 4.69) is 40.9 Å². The van der Waals surface area contributed by atoms with Crippen LogP contribution >= 0.6 is 11.3 Å². The van der Waals surface area contributed by atoms with Crippen LogP contribution in [0.4, 0.5) is 0 Å². The molecule has 0 fully saturated rings. The second-order valence-electron chi connectivity index (χ2n) is 3.25. The molecule has 3 heteroatoms. The van der Waals surface area contributed by atoms with Gasteiger partial charge in [-0.15, -0.1) is 11.3 Å². The molecular formula is C11H14N2S. The predicted octanol–water partition coefficient (Wildman–Crippen LogP) is 3.16. The van der Waals surface area contributed by atoms with E-state index >= 15 is 0 Å². The number of rotatable bonds is 2. The zero-order valence-electron chi connectivity index (χ0n) is 8.74. The third-order valence-electron chi connectivity index (χ3n) is 2.55. The minimum Gasteiger partial charge on any atom is -0.339 e. The lowest BCUT2D eigenvalue weighted by atomic mass is 10.3. The van der Waals surface area contributed by atoms with Gasteiger partial charge in [0, 0.05) is 13.6 Å². The molecule has 0 aliphatic rings. The molecule has 2 aromatic rings. The minimum atomic E-state index is 1.00. The number of fused-ring (bicyclic) bond motifs is 1. The summed E-state index contributed by atoms with van der Waals surface area (Å²) in [4.78, 5) is 4.24. The first-order valence-corrected chi connectivity index (χ1v) is 5.66. The van der Waals surface area contributed by atoms with Crippen LogP contribution in [0.1, 0.15) is 19.5 Å². The fourth-order valence-electron chi connectivity index (χ4n) is 1.73. The Bertz CT molecular complexity index is 476. The zero-order chi connectivity index (χ0) is 10.1. The highest BCUT2D eigenvalue weighted by Gasteiger charge is 2.09. The van der Waals surface area contributed by atoms with Crippen LogP contribution in [0.15, 0.2) is 22.5 Å². The van der Waals surface area contributed by atoms with Crippen molar-refractivity contribution in [2.75, 3.05) is 7.05 Å². The Morgan fingerprint density at radius 3 is 3.00 bits per heavy atom. The van der Waals surface area contributed by atoms with E-state index in [9.17, 15) is 0 Å². The molecule has 0 aliphatic carbocycles. The summed E-state index contributed by atoms with van der Waals surface area (Å²) in [5, 5.41) is 2.14. The highest BCUT2D eigenvalue weighted by molar-refractivity contribution is 7.17. The van der Waals surface area contributed by atoms with E-state index < -0.39 is 0 Å². The maximum atomic E-state index is 4.24. The molecule has 0 N–H and O–H groups in total. The van der Waals surface area contributed by atoms with Gasteiger partial charge in [-0.3, -0.25) is 4.99 Å². The fourth-order valence-corrected chi connectivity index (χ4v) is 2.55. The summed E-state index contributed by atoms with van der Waals surface area (Å²) in [5.74, 6) is 0. The largest absolute Gasteiger partial charge is 0.339 e. The quantitative estimate of drug-likeness (QED) is 0.672. The zero-order valence-corrected chi connectivity index (χ0v) is 9.56. The topological polar surface area (TPSA) is 17.3 Å². The molecule has 0 aliphatic heterocycles. The van der Waals surface area contributed by atoms with Crippen molar-refractivity contribution in [1.82, 2.24) is 4.57 Å². The molecule has 0 saturated carbocycles. The molecule has 2 heterocycles. The van der Waals surface area contributed by atoms with Gasteiger partial charge in [0.2, 0.25) is 0 Å². The van der Waals surface area contributed by atoms with Crippen LogP contribution in [0, 0.1) is 0 Å². The molecule has 0 bridgehead atoms. The van der Waals surface area contributed by atoms with Gasteiger partial charge >= 0.3 is 0 Å². The van der Waals surface area contributed by atoms with Crippen LogP contribution in [-0.2, 0) is 6.54 Å². The van der Waals surface area contributed by atoms with Crippen molar-refractivity contribution >= 4 is 27.3 Å². The molecule has 2 rings (SSSR count). The number of aliphatic imine (C=N–C) groups is 1. The van der Waals surface area contributed by atoms with Gasteiger partial charge in [0.25, 0.3) is 0 Å². The van der Waals surface area contributed by atoms with Gasteiger partial charge in [0.1, 0.15) is 0 Å². The number of thiophene rings is 1. The molecule has 0 unspecified atom stereocenters. The van der Waals surface area contributed by atoms with E-state index in [4.69, 9.17) is 0 Å². The summed E-state index contributed by atoms with van der Waals surface area (Å²) in [6.45, 7) is 5.23. The van der Waals surface area contributed by atoms with E-state index in [1.54, 1.807) is 11.3 Å². The molecule has 2 aromatic heterocycles. The van der Waals surface area contributed by atoms with E-state index in [1.807, 2.05) is 7.05 Å². The van der Waals surface area contributed by atoms with Crippen molar-refractivity contribution < 1.29 is 0 Å². The van der Waals surface area contributed by atoms with Gasteiger partial charge in [-0.1, -0.05) is 0 Å². The third-order valence-corrected chi connectivity index (χ3v) is 3.40. The smallest absolute Gasteiger partial charge is 0.0637 e. The lowest BCUT2D eigenvalue weighted by Gasteiger charge is -2.05. The Morgan fingerprint density at radius 1 is 1.57 bits per heavy atom. The summed E-state index contributed by atoms with van der Waals surface area (Å²) in [5.41, 5.74) is 3.68. The molecule has 0 aromatic carbocycles. The molecule has 0 saturated heterocycles. The highest BCUT2D eigenvalue weighted by Crippen LogP contribution is 2.25. The molecule has 0 spiro atoms. The Hall–Kier alpha value is -1.09. The van der Waals surface area contributed by atoms with Crippen LogP contribution in [0.2, 0.25) is 0 Å². The van der Waals surface area contributed by atoms with Gasteiger partial charge in [0.05, 0.1) is 21.6 Å². The average Bonchev–Trinajstić information content (AvgIpc) is 2.74. The summed E-state index contributed by atoms with van der Waals surface area (Å²) < 4.78 is 3.67. The van der Waals surface area contributed by atoms with Gasteiger partial charge in [-0.25, -0.2) is 0 Å². The van der Waals surface area contributed by atoms with Crippen LogP contribution in [-0.4, -0.2) is 17.3 Å². The van der Waals surface area contributed by atoms with E-state index in [0.717, 1.165) is 12.3 Å². The van der Waals surface area contributed by atoms with Crippen LogP contribution in [0.5, 0.6) is 0 Å². The lowest BCUT2D eigenvalue weighted by molar-refractivity contribution is 0.789. The Balaban J connectivity index is 2.70. The van der Waals surface area contributed by atoms with Gasteiger partial charge in [0.15, 0.2) is 0 Å². The number of hydrogen-bond acceptors (Lipinski definition) is 2. The van der Waals surface area contributed by atoms with Crippen molar-refractivity contribution in [3.8, 4) is 0 Å². The predicted molar refractivity (Wildman–Crippen MR) is 63.6 cm³/mol. The first-order chi connectivity index (χ1) is 6.77. The lowest BCUT2D eigenvalue weighted by Crippen LogP contribution is -2.05. The molecule has 14 heavy (non-hydrogen) atoms. The summed E-state index contributed by atoms with van der Waals surface area (Å²) in [6, 6.07) is 4.40. The first-order valence-electron chi connectivity index (χ1n) is 4.78. The highest BCUT2D eigenvalue weighted by atomic mass is 32.1. The van der Waals surface area contributed by atoms with Crippen molar-refractivity contribution in [2.45, 2.75) is 20.4 Å². The van der Waals surface area contributed by atoms with Gasteiger partial charge < -0.3 is 4.57 Å². The summed E-state index contributed by atoms with van der Waals surface area (Å²) in [7, 11) is 1.84. The first kappa shape index (κ1) is 9.46. The minimum absolute atomic E-state index is 1.00. The Kier molecular flexibility index (Phi) is 2.42. The van der Waals surface area contributed by atoms with Gasteiger partial charge in [-0.05, 0) is 31.4 Å². The van der Waals surface area contributed by atoms with Crippen LogP contribution < -0.4 is 0 Å². The second-order valence-corrected chi connectivity index (χ2v) is 4.20. The molecule has 0 atom stereocenters. The fraction of sp³-hybridized carbons (Fsp3) is 0.364. The van der Waals surface area contributed by atoms with Crippen LogP contribution in [0.25, 0.3) is 10.2 Å². The molecule has 0 amide bonds. The number of aromatic nitrogens is 1. The van der Waals surface area contributed by atoms with E-state index in [0.29, 0.717) is 0 Å². The van der Waals surface area contributed by atoms with Crippen molar-refractivity contribution in [2.24, 2.45) is 4.99 Å². The van der Waals surface area contributed by atoms with Crippen molar-refractivity contribution in [3.63, 3.8) is 0 Å². The van der Waals surface area contributed by atoms with Crippen molar-refractivity contribution in [1.29, 1.82) is 0 Å². The molecule has 74 valence electrons. The average molecular weight is 206 g/mol. The SMILES string of the molecule is CCn1c(/C(C)=N/C)cc2sccc21. The molecule has 2 nitrogen and oxygen atoms in total. The summed E-state index contributed by atoms with van der Waals surface area (Å²) in [6.07, 6.45) is 0. The Morgan fingerprint density at radius 2 is 2.36 bits per heavy atom. The Labute approximate surface area is 87.9 Å². The summed E-state index contributed by atoms with van der Waals surface area (Å²) >= 11 is 1.79. The maximum absolute atomic E-state index is 4.24. The van der Waals surface area contributed by atoms with Gasteiger partial charge in [-0.2, -0.15) is 0 Å².